The highest BCUT2D eigenvalue weighted by Crippen LogP contribution is 2.35. The van der Waals surface area contributed by atoms with Crippen LogP contribution in [0.2, 0.25) is 0 Å². The molecule has 0 unspecified atom stereocenters. The highest BCUT2D eigenvalue weighted by atomic mass is 16.9. The maximum Gasteiger partial charge on any atom is 0.435 e. The van der Waals surface area contributed by atoms with Gasteiger partial charge in [-0.3, -0.25) is 14.4 Å². The number of carbonyl (C=O) groups is 3. The lowest BCUT2D eigenvalue weighted by molar-refractivity contribution is -0.380. The minimum atomic E-state index is -2.74. The first-order valence-electron chi connectivity index (χ1n) is 4.29. The minimum Gasteiger partial charge on any atom is -0.395 e. The van der Waals surface area contributed by atoms with Crippen molar-refractivity contribution in [3.8, 4) is 0 Å². The molecule has 0 fully saturated rings. The van der Waals surface area contributed by atoms with E-state index in [4.69, 9.17) is 15.3 Å². The Kier molecular flexibility index (Phi) is 6.10. The number of hydrogen-bond donors (Lipinski definition) is 3. The average Bonchev–Trinajstić information content (AvgIpc) is 2.33. The van der Waals surface area contributed by atoms with Crippen molar-refractivity contribution in [1.29, 1.82) is 0 Å². The van der Waals surface area contributed by atoms with Crippen LogP contribution in [0.15, 0.2) is 0 Å². The maximum atomic E-state index is 10.3. The van der Waals surface area contributed by atoms with Crippen molar-refractivity contribution >= 4 is 19.4 Å². The number of aliphatic hydroxyl groups is 3. The molecule has 0 amide bonds. The normalized spacial score (nSPS) is 11.5. The van der Waals surface area contributed by atoms with Crippen LogP contribution < -0.4 is 0 Å². The van der Waals surface area contributed by atoms with E-state index in [0.717, 1.165) is 0 Å². The first-order chi connectivity index (χ1) is 8.11. The van der Waals surface area contributed by atoms with Crippen LogP contribution >= 0.6 is 0 Å². The van der Waals surface area contributed by atoms with E-state index in [9.17, 15) is 14.4 Å². The summed E-state index contributed by atoms with van der Waals surface area (Å²) in [5.41, 5.74) is -2.10. The first kappa shape index (κ1) is 15.3. The molecule has 0 saturated carbocycles. The van der Waals surface area contributed by atoms with Crippen LogP contribution in [0.25, 0.3) is 0 Å². The standard InChI is InChI=1S/C8H12O9/c9-1-7(2-10,3-11)8(15-4-12,16-5-13)17-6-14/h4-6,9-11H,1-3H2. The van der Waals surface area contributed by atoms with Gasteiger partial charge in [0.25, 0.3) is 19.4 Å². The maximum absolute atomic E-state index is 10.3. The number of ether oxygens (including phenoxy) is 3. The molecule has 0 radical (unpaired) electrons. The molecule has 0 saturated heterocycles. The van der Waals surface area contributed by atoms with Gasteiger partial charge in [0.1, 0.15) is 0 Å². The highest BCUT2D eigenvalue weighted by Gasteiger charge is 2.59. The Morgan fingerprint density at radius 1 is 0.765 bits per heavy atom. The summed E-state index contributed by atoms with van der Waals surface area (Å²) in [4.78, 5) is 30.9. The molecule has 0 aromatic rings. The average molecular weight is 252 g/mol. The van der Waals surface area contributed by atoms with E-state index in [-0.39, 0.29) is 19.4 Å². The molecule has 98 valence electrons. The van der Waals surface area contributed by atoms with Crippen molar-refractivity contribution in [2.24, 2.45) is 5.41 Å². The predicted molar refractivity (Wildman–Crippen MR) is 47.9 cm³/mol. The van der Waals surface area contributed by atoms with Crippen molar-refractivity contribution < 1.29 is 43.9 Å². The summed E-state index contributed by atoms with van der Waals surface area (Å²) in [5, 5.41) is 27.3. The molecule has 0 spiro atoms. The Balaban J connectivity index is 5.54. The van der Waals surface area contributed by atoms with Crippen molar-refractivity contribution in [2.45, 2.75) is 5.97 Å². The minimum absolute atomic E-state index is 0.233. The van der Waals surface area contributed by atoms with Gasteiger partial charge in [-0.15, -0.1) is 0 Å². The summed E-state index contributed by atoms with van der Waals surface area (Å²) in [6, 6.07) is 0. The number of aliphatic hydroxyl groups excluding tert-OH is 3. The van der Waals surface area contributed by atoms with Crippen molar-refractivity contribution in [2.75, 3.05) is 19.8 Å². The van der Waals surface area contributed by atoms with E-state index in [2.05, 4.69) is 14.2 Å². The zero-order valence-corrected chi connectivity index (χ0v) is 8.64. The fraction of sp³-hybridized carbons (Fsp3) is 0.625. The molecule has 0 rings (SSSR count). The molecule has 0 heterocycles. The van der Waals surface area contributed by atoms with Crippen LogP contribution in [0.5, 0.6) is 0 Å². The van der Waals surface area contributed by atoms with Gasteiger partial charge in [-0.2, -0.15) is 0 Å². The molecule has 17 heavy (non-hydrogen) atoms. The van der Waals surface area contributed by atoms with E-state index >= 15 is 0 Å². The van der Waals surface area contributed by atoms with E-state index in [0.29, 0.717) is 0 Å². The SMILES string of the molecule is O=COC(OC=O)(OC=O)C(CO)(CO)CO. The monoisotopic (exact) mass is 252 g/mol. The van der Waals surface area contributed by atoms with Crippen LogP contribution in [0.4, 0.5) is 0 Å². The Labute approximate surface area is 95.5 Å². The summed E-state index contributed by atoms with van der Waals surface area (Å²) in [6.45, 7) is -3.67. The van der Waals surface area contributed by atoms with E-state index < -0.39 is 31.2 Å². The second-order valence-corrected chi connectivity index (χ2v) is 2.95. The quantitative estimate of drug-likeness (QED) is 0.276. The smallest absolute Gasteiger partial charge is 0.395 e. The molecular weight excluding hydrogens is 240 g/mol. The van der Waals surface area contributed by atoms with E-state index in [1.807, 2.05) is 0 Å². The van der Waals surface area contributed by atoms with Crippen molar-refractivity contribution in [1.82, 2.24) is 0 Å². The fourth-order valence-corrected chi connectivity index (χ4v) is 1.09. The third-order valence-electron chi connectivity index (χ3n) is 2.17. The van der Waals surface area contributed by atoms with E-state index in [1.54, 1.807) is 0 Å². The summed E-state index contributed by atoms with van der Waals surface area (Å²) in [5.74, 6) is -2.74. The molecule has 0 aromatic carbocycles. The van der Waals surface area contributed by atoms with Gasteiger partial charge in [0.2, 0.25) is 0 Å². The van der Waals surface area contributed by atoms with Crippen molar-refractivity contribution in [3.05, 3.63) is 0 Å². The van der Waals surface area contributed by atoms with Crippen LogP contribution in [0, 0.1) is 5.41 Å². The van der Waals surface area contributed by atoms with Gasteiger partial charge in [0.05, 0.1) is 19.8 Å². The van der Waals surface area contributed by atoms with Gasteiger partial charge in [0, 0.05) is 0 Å². The van der Waals surface area contributed by atoms with Gasteiger partial charge >= 0.3 is 5.97 Å². The number of hydrogen-bond acceptors (Lipinski definition) is 9. The second kappa shape index (κ2) is 6.78. The van der Waals surface area contributed by atoms with Crippen LogP contribution in [0.1, 0.15) is 0 Å². The topological polar surface area (TPSA) is 140 Å². The lowest BCUT2D eigenvalue weighted by atomic mass is 9.87. The molecule has 9 nitrogen and oxygen atoms in total. The number of rotatable bonds is 10. The lowest BCUT2D eigenvalue weighted by Crippen LogP contribution is -2.60. The predicted octanol–water partition coefficient (Wildman–Crippen LogP) is -2.88. The summed E-state index contributed by atoms with van der Waals surface area (Å²) >= 11 is 0. The highest BCUT2D eigenvalue weighted by molar-refractivity contribution is 5.44. The fourth-order valence-electron chi connectivity index (χ4n) is 1.09. The zero-order valence-electron chi connectivity index (χ0n) is 8.64. The largest absolute Gasteiger partial charge is 0.435 e. The van der Waals surface area contributed by atoms with Crippen molar-refractivity contribution in [3.63, 3.8) is 0 Å². The van der Waals surface area contributed by atoms with Gasteiger partial charge < -0.3 is 29.5 Å². The molecule has 9 heteroatoms. The summed E-state index contributed by atoms with van der Waals surface area (Å²) in [6.07, 6.45) is 0. The molecular formula is C8H12O9. The van der Waals surface area contributed by atoms with Crippen LogP contribution in [-0.4, -0.2) is 60.5 Å². The van der Waals surface area contributed by atoms with Crippen LogP contribution in [-0.2, 0) is 28.6 Å². The Bertz CT molecular complexity index is 225. The molecule has 0 atom stereocenters. The van der Waals surface area contributed by atoms with Gasteiger partial charge in [-0.25, -0.2) is 0 Å². The summed E-state index contributed by atoms with van der Waals surface area (Å²) < 4.78 is 12.8. The Morgan fingerprint density at radius 2 is 1.06 bits per heavy atom. The molecule has 0 aliphatic carbocycles. The molecule has 0 aromatic heterocycles. The van der Waals surface area contributed by atoms with Gasteiger partial charge in [-0.1, -0.05) is 0 Å². The number of carbonyl (C=O) groups excluding carboxylic acids is 3. The van der Waals surface area contributed by atoms with Gasteiger partial charge in [0.15, 0.2) is 5.41 Å². The zero-order chi connectivity index (χ0) is 13.4. The molecule has 3 N–H and O–H groups in total. The Morgan fingerprint density at radius 3 is 1.24 bits per heavy atom. The van der Waals surface area contributed by atoms with Gasteiger partial charge in [-0.05, 0) is 0 Å². The molecule has 0 bridgehead atoms. The lowest BCUT2D eigenvalue weighted by Gasteiger charge is -2.40. The first-order valence-corrected chi connectivity index (χ1v) is 4.29. The van der Waals surface area contributed by atoms with Crippen LogP contribution in [0.3, 0.4) is 0 Å². The Hall–Kier alpha value is -1.71. The third-order valence-corrected chi connectivity index (χ3v) is 2.17. The summed E-state index contributed by atoms with van der Waals surface area (Å²) in [7, 11) is 0. The third kappa shape index (κ3) is 2.70. The second-order valence-electron chi connectivity index (χ2n) is 2.95. The molecule has 0 aliphatic heterocycles. The van der Waals surface area contributed by atoms with E-state index in [1.165, 1.54) is 0 Å². The molecule has 0 aliphatic rings.